The van der Waals surface area contributed by atoms with Crippen LogP contribution in [0.2, 0.25) is 0 Å². The topological polar surface area (TPSA) is 95.2 Å². The second-order valence-electron chi connectivity index (χ2n) is 6.43. The summed E-state index contributed by atoms with van der Waals surface area (Å²) in [4.78, 5) is 8.48. The molecule has 2 aromatic carbocycles. The first kappa shape index (κ1) is 18.0. The van der Waals surface area contributed by atoms with Crippen LogP contribution in [0.3, 0.4) is 0 Å². The molecule has 150 valence electrons. The van der Waals surface area contributed by atoms with Crippen molar-refractivity contribution in [1.29, 1.82) is 0 Å². The Morgan fingerprint density at radius 3 is 2.53 bits per heavy atom. The summed E-state index contributed by atoms with van der Waals surface area (Å²) in [6.07, 6.45) is -3.14. The van der Waals surface area contributed by atoms with E-state index in [2.05, 4.69) is 35.7 Å². The van der Waals surface area contributed by atoms with Crippen molar-refractivity contribution in [3.05, 3.63) is 60.0 Å². The first-order valence-electron chi connectivity index (χ1n) is 8.69. The Morgan fingerprint density at radius 1 is 0.867 bits per heavy atom. The van der Waals surface area contributed by atoms with Crippen LogP contribution in [0.5, 0.6) is 0 Å². The molecule has 30 heavy (non-hydrogen) atoms. The van der Waals surface area contributed by atoms with Crippen molar-refractivity contribution in [2.75, 3.05) is 5.32 Å². The van der Waals surface area contributed by atoms with Crippen LogP contribution < -0.4 is 5.32 Å². The molecule has 7 nitrogen and oxygen atoms in total. The van der Waals surface area contributed by atoms with Gasteiger partial charge < -0.3 is 5.32 Å². The maximum Gasteiger partial charge on any atom is 0.417 e. The number of hydrogen-bond acceptors (Lipinski definition) is 5. The number of H-pyrrole nitrogens is 2. The molecule has 0 saturated carbocycles. The van der Waals surface area contributed by atoms with Gasteiger partial charge in [-0.25, -0.2) is 14.4 Å². The molecular weight excluding hydrogens is 402 g/mol. The van der Waals surface area contributed by atoms with Crippen LogP contribution in [-0.4, -0.2) is 30.4 Å². The zero-order valence-corrected chi connectivity index (χ0v) is 14.9. The average molecular weight is 413 g/mol. The van der Waals surface area contributed by atoms with E-state index in [0.717, 1.165) is 6.07 Å². The molecule has 11 heteroatoms. The van der Waals surface area contributed by atoms with Crippen molar-refractivity contribution in [3.8, 4) is 11.4 Å². The van der Waals surface area contributed by atoms with E-state index in [4.69, 9.17) is 0 Å². The van der Waals surface area contributed by atoms with E-state index < -0.39 is 17.6 Å². The van der Waals surface area contributed by atoms with Crippen molar-refractivity contribution in [1.82, 2.24) is 30.4 Å². The number of alkyl halides is 3. The number of nitrogens with one attached hydrogen (secondary N) is 3. The van der Waals surface area contributed by atoms with Gasteiger partial charge in [0.25, 0.3) is 0 Å². The van der Waals surface area contributed by atoms with Gasteiger partial charge in [-0.2, -0.15) is 23.4 Å². The van der Waals surface area contributed by atoms with Gasteiger partial charge >= 0.3 is 6.18 Å². The van der Waals surface area contributed by atoms with Crippen molar-refractivity contribution < 1.29 is 17.6 Å². The molecule has 5 rings (SSSR count). The summed E-state index contributed by atoms with van der Waals surface area (Å²) < 4.78 is 54.3. The molecule has 0 saturated heterocycles. The average Bonchev–Trinajstić information content (AvgIpc) is 3.35. The molecule has 0 bridgehead atoms. The van der Waals surface area contributed by atoms with Gasteiger partial charge in [-0.1, -0.05) is 24.3 Å². The summed E-state index contributed by atoms with van der Waals surface area (Å²) in [7, 11) is 0. The molecule has 0 amide bonds. The third kappa shape index (κ3) is 2.91. The summed E-state index contributed by atoms with van der Waals surface area (Å²) in [5.41, 5.74) is -0.602. The Hall–Kier alpha value is -4.02. The fourth-order valence-corrected chi connectivity index (χ4v) is 3.19. The summed E-state index contributed by atoms with van der Waals surface area (Å²) in [5.74, 6) is -0.184. The zero-order chi connectivity index (χ0) is 20.9. The van der Waals surface area contributed by atoms with Gasteiger partial charge in [-0.15, -0.1) is 0 Å². The van der Waals surface area contributed by atoms with Crippen molar-refractivity contribution in [3.63, 3.8) is 0 Å². The van der Waals surface area contributed by atoms with E-state index in [1.54, 1.807) is 6.07 Å². The lowest BCUT2D eigenvalue weighted by molar-refractivity contribution is -0.137. The molecule has 0 atom stereocenters. The number of para-hydroxylation sites is 1. The summed E-state index contributed by atoms with van der Waals surface area (Å²) in [6.45, 7) is 0. The van der Waals surface area contributed by atoms with Gasteiger partial charge in [0.2, 0.25) is 0 Å². The minimum atomic E-state index is -4.58. The van der Waals surface area contributed by atoms with Gasteiger partial charge in [0, 0.05) is 10.9 Å². The Morgan fingerprint density at radius 2 is 1.70 bits per heavy atom. The predicted molar refractivity (Wildman–Crippen MR) is 101 cm³/mol. The maximum atomic E-state index is 13.9. The van der Waals surface area contributed by atoms with Gasteiger partial charge in [0.1, 0.15) is 17.2 Å². The molecule has 0 aliphatic rings. The molecule has 3 aromatic heterocycles. The minimum absolute atomic E-state index is 0.145. The number of fused-ring (bicyclic) bond motifs is 2. The standard InChI is InChI=1S/C19H11F4N7/c20-13-7-3-5-10-14(13)28-30-17(10)27-16-11-8-24-29-18(11)26-15(25-16)9-4-1-2-6-12(9)19(21,22)23/h1-8H,(H3,24,25,26,27,28,29,30). The van der Waals surface area contributed by atoms with Crippen LogP contribution in [0.1, 0.15) is 5.56 Å². The molecule has 0 aliphatic carbocycles. The van der Waals surface area contributed by atoms with Crippen LogP contribution in [0.15, 0.2) is 48.7 Å². The molecule has 0 radical (unpaired) electrons. The second-order valence-corrected chi connectivity index (χ2v) is 6.43. The lowest BCUT2D eigenvalue weighted by atomic mass is 10.1. The third-order valence-electron chi connectivity index (χ3n) is 4.57. The number of halogens is 4. The fourth-order valence-electron chi connectivity index (χ4n) is 3.19. The minimum Gasteiger partial charge on any atom is -0.322 e. The number of hydrogen-bond donors (Lipinski definition) is 3. The highest BCUT2D eigenvalue weighted by atomic mass is 19.4. The van der Waals surface area contributed by atoms with Gasteiger partial charge in [0.15, 0.2) is 17.3 Å². The van der Waals surface area contributed by atoms with Crippen LogP contribution >= 0.6 is 0 Å². The van der Waals surface area contributed by atoms with E-state index in [1.165, 1.54) is 36.5 Å². The molecule has 0 unspecified atom stereocenters. The summed E-state index contributed by atoms with van der Waals surface area (Å²) in [5, 5.41) is 17.0. The summed E-state index contributed by atoms with van der Waals surface area (Å²) >= 11 is 0. The van der Waals surface area contributed by atoms with Crippen molar-refractivity contribution >= 4 is 33.6 Å². The highest BCUT2D eigenvalue weighted by Crippen LogP contribution is 2.37. The van der Waals surface area contributed by atoms with E-state index >= 15 is 0 Å². The molecular formula is C19H11F4N7. The fraction of sp³-hybridized carbons (Fsp3) is 0.0526. The molecule has 0 fully saturated rings. The van der Waals surface area contributed by atoms with Gasteiger partial charge in [0.05, 0.1) is 17.1 Å². The Kier molecular flexibility index (Phi) is 3.91. The smallest absolute Gasteiger partial charge is 0.322 e. The monoisotopic (exact) mass is 413 g/mol. The highest BCUT2D eigenvalue weighted by Gasteiger charge is 2.34. The number of benzene rings is 2. The van der Waals surface area contributed by atoms with Crippen LogP contribution in [0.25, 0.3) is 33.3 Å². The maximum absolute atomic E-state index is 13.9. The number of rotatable bonds is 3. The second kappa shape index (κ2) is 6.51. The molecule has 3 heterocycles. The van der Waals surface area contributed by atoms with Gasteiger partial charge in [-0.3, -0.25) is 10.2 Å². The normalized spacial score (nSPS) is 12.0. The van der Waals surface area contributed by atoms with Gasteiger partial charge in [-0.05, 0) is 18.2 Å². The lowest BCUT2D eigenvalue weighted by Gasteiger charge is -2.13. The number of aromatic amines is 2. The SMILES string of the molecule is Fc1cccc2c(Nc3nc(-c4ccccc4C(F)(F)F)nc4[nH]ncc34)n[nH]c12. The van der Waals surface area contributed by atoms with E-state index in [9.17, 15) is 17.6 Å². The number of anilines is 2. The predicted octanol–water partition coefficient (Wildman–Crippen LogP) is 4.80. The van der Waals surface area contributed by atoms with Crippen molar-refractivity contribution in [2.24, 2.45) is 0 Å². The lowest BCUT2D eigenvalue weighted by Crippen LogP contribution is -2.08. The summed E-state index contributed by atoms with van der Waals surface area (Å²) in [6, 6.07) is 9.49. The van der Waals surface area contributed by atoms with E-state index in [-0.39, 0.29) is 34.2 Å². The van der Waals surface area contributed by atoms with Crippen molar-refractivity contribution in [2.45, 2.75) is 6.18 Å². The first-order valence-corrected chi connectivity index (χ1v) is 8.69. The molecule has 5 aromatic rings. The Bertz CT molecular complexity index is 1390. The van der Waals surface area contributed by atoms with Crippen LogP contribution in [0, 0.1) is 5.82 Å². The first-order chi connectivity index (χ1) is 14.4. The number of aromatic nitrogens is 6. The zero-order valence-electron chi connectivity index (χ0n) is 14.9. The highest BCUT2D eigenvalue weighted by molar-refractivity contribution is 5.96. The third-order valence-corrected chi connectivity index (χ3v) is 4.57. The van der Waals surface area contributed by atoms with Crippen LogP contribution in [0.4, 0.5) is 29.2 Å². The Labute approximate surface area is 165 Å². The molecule has 3 N–H and O–H groups in total. The Balaban J connectivity index is 1.67. The molecule has 0 spiro atoms. The van der Waals surface area contributed by atoms with E-state index in [1.807, 2.05) is 0 Å². The van der Waals surface area contributed by atoms with Crippen LogP contribution in [-0.2, 0) is 6.18 Å². The van der Waals surface area contributed by atoms with E-state index in [0.29, 0.717) is 10.8 Å². The largest absolute Gasteiger partial charge is 0.417 e. The number of nitrogens with zero attached hydrogens (tertiary/aromatic N) is 4. The molecule has 0 aliphatic heterocycles. The quantitative estimate of drug-likeness (QED) is 0.370.